The van der Waals surface area contributed by atoms with Crippen LogP contribution in [0, 0.1) is 5.92 Å². The Bertz CT molecular complexity index is 638. The molecule has 0 unspecified atom stereocenters. The second-order valence-electron chi connectivity index (χ2n) is 6.35. The first-order chi connectivity index (χ1) is 11.4. The van der Waals surface area contributed by atoms with Gasteiger partial charge in [-0.2, -0.15) is 0 Å². The molecule has 1 atom stereocenters. The average Bonchev–Trinajstić information content (AvgIpc) is 3.17. The number of carbonyl (C=O) groups is 3. The largest absolute Gasteiger partial charge is 0.481 e. The lowest BCUT2D eigenvalue weighted by Gasteiger charge is -2.45. The van der Waals surface area contributed by atoms with E-state index in [1.807, 2.05) is 0 Å². The molecule has 0 aliphatic carbocycles. The molecule has 1 N–H and O–H groups in total. The van der Waals surface area contributed by atoms with E-state index in [2.05, 4.69) is 15.5 Å². The van der Waals surface area contributed by atoms with E-state index in [1.165, 1.54) is 11.0 Å². The number of aliphatic carboxylic acids is 1. The summed E-state index contributed by atoms with van der Waals surface area (Å²) in [5.41, 5.74) is -0.671. The number of aromatic nitrogens is 4. The number of nitrogens with zero attached hydrogens (tertiary/aromatic N) is 6. The van der Waals surface area contributed by atoms with Gasteiger partial charge in [-0.05, 0) is 23.3 Å². The van der Waals surface area contributed by atoms with Crippen molar-refractivity contribution in [3.8, 4) is 0 Å². The van der Waals surface area contributed by atoms with Crippen LogP contribution in [0.25, 0.3) is 0 Å². The minimum Gasteiger partial charge on any atom is -0.481 e. The van der Waals surface area contributed by atoms with Crippen molar-refractivity contribution in [3.63, 3.8) is 0 Å². The number of amides is 2. The molecule has 3 heterocycles. The van der Waals surface area contributed by atoms with Crippen molar-refractivity contribution in [2.75, 3.05) is 20.1 Å². The highest BCUT2D eigenvalue weighted by Crippen LogP contribution is 2.42. The number of tetrazole rings is 1. The van der Waals surface area contributed by atoms with Gasteiger partial charge in [-0.25, -0.2) is 4.68 Å². The van der Waals surface area contributed by atoms with Crippen LogP contribution in [0.2, 0.25) is 0 Å². The van der Waals surface area contributed by atoms with Crippen LogP contribution in [0.4, 0.5) is 0 Å². The summed E-state index contributed by atoms with van der Waals surface area (Å²) in [6.07, 6.45) is 2.76. The Labute approximate surface area is 138 Å². The SMILES string of the molecule is CN1C(=O)C[C@@H](C(=O)O)C12CCN(C(=O)CCn1cnnn1)CC2. The standard InChI is InChI=1S/C14H20N6O4/c1-18-12(22)8-10(13(23)24)14(18)3-6-19(7-4-14)11(21)2-5-20-9-15-16-17-20/h9-10H,2-8H2,1H3,(H,23,24)/t10-/m0/s1. The van der Waals surface area contributed by atoms with Gasteiger partial charge in [-0.1, -0.05) is 0 Å². The molecule has 3 rings (SSSR count). The van der Waals surface area contributed by atoms with Crippen molar-refractivity contribution in [2.45, 2.75) is 37.8 Å². The minimum atomic E-state index is -0.939. The van der Waals surface area contributed by atoms with Crippen LogP contribution in [0.1, 0.15) is 25.7 Å². The van der Waals surface area contributed by atoms with Crippen LogP contribution in [-0.4, -0.2) is 78.6 Å². The van der Waals surface area contributed by atoms with E-state index in [9.17, 15) is 19.5 Å². The predicted octanol–water partition coefficient (Wildman–Crippen LogP) is -1.01. The van der Waals surface area contributed by atoms with E-state index < -0.39 is 17.4 Å². The lowest BCUT2D eigenvalue weighted by Crippen LogP contribution is -2.57. The number of carboxylic acids is 1. The smallest absolute Gasteiger partial charge is 0.309 e. The van der Waals surface area contributed by atoms with Gasteiger partial charge in [-0.3, -0.25) is 14.4 Å². The zero-order chi connectivity index (χ0) is 17.3. The molecule has 2 saturated heterocycles. The molecule has 0 radical (unpaired) electrons. The third-order valence-corrected chi connectivity index (χ3v) is 5.30. The lowest BCUT2D eigenvalue weighted by atomic mass is 9.77. The third-order valence-electron chi connectivity index (χ3n) is 5.30. The van der Waals surface area contributed by atoms with Gasteiger partial charge in [0.05, 0.1) is 18.0 Å². The first-order valence-corrected chi connectivity index (χ1v) is 7.92. The fourth-order valence-corrected chi connectivity index (χ4v) is 3.78. The number of likely N-dealkylation sites (tertiary alicyclic amines) is 2. The maximum absolute atomic E-state index is 12.3. The zero-order valence-corrected chi connectivity index (χ0v) is 13.5. The molecule has 2 aliphatic rings. The van der Waals surface area contributed by atoms with Crippen LogP contribution in [0.3, 0.4) is 0 Å². The Balaban J connectivity index is 1.61. The van der Waals surface area contributed by atoms with Gasteiger partial charge in [0.1, 0.15) is 6.33 Å². The number of carbonyl (C=O) groups excluding carboxylic acids is 2. The Morgan fingerprint density at radius 2 is 2.08 bits per heavy atom. The highest BCUT2D eigenvalue weighted by atomic mass is 16.4. The molecule has 24 heavy (non-hydrogen) atoms. The first kappa shape index (κ1) is 16.3. The third kappa shape index (κ3) is 2.72. The quantitative estimate of drug-likeness (QED) is 0.747. The second kappa shape index (κ2) is 6.17. The molecule has 0 bridgehead atoms. The highest BCUT2D eigenvalue weighted by molar-refractivity contribution is 5.88. The number of rotatable bonds is 4. The summed E-state index contributed by atoms with van der Waals surface area (Å²) in [7, 11) is 1.67. The van der Waals surface area contributed by atoms with Crippen LogP contribution >= 0.6 is 0 Å². The molecule has 2 aliphatic heterocycles. The topological polar surface area (TPSA) is 122 Å². The predicted molar refractivity (Wildman–Crippen MR) is 79.5 cm³/mol. The van der Waals surface area contributed by atoms with Crippen LogP contribution in [-0.2, 0) is 20.9 Å². The summed E-state index contributed by atoms with van der Waals surface area (Å²) in [6, 6.07) is 0. The Morgan fingerprint density at radius 1 is 1.38 bits per heavy atom. The summed E-state index contributed by atoms with van der Waals surface area (Å²) in [4.78, 5) is 39.1. The van der Waals surface area contributed by atoms with Gasteiger partial charge in [-0.15, -0.1) is 5.10 Å². The number of carboxylic acid groups (broad SMARTS) is 1. The summed E-state index contributed by atoms with van der Waals surface area (Å²) in [5, 5.41) is 20.2. The number of hydrogen-bond donors (Lipinski definition) is 1. The summed E-state index contributed by atoms with van der Waals surface area (Å²) < 4.78 is 1.49. The fourth-order valence-electron chi connectivity index (χ4n) is 3.78. The molecule has 1 spiro atoms. The molecule has 10 nitrogen and oxygen atoms in total. The molecular weight excluding hydrogens is 316 g/mol. The lowest BCUT2D eigenvalue weighted by molar-refractivity contribution is -0.147. The maximum Gasteiger partial charge on any atom is 0.309 e. The monoisotopic (exact) mass is 336 g/mol. The van der Waals surface area contributed by atoms with Crippen molar-refractivity contribution in [1.29, 1.82) is 0 Å². The summed E-state index contributed by atoms with van der Waals surface area (Å²) >= 11 is 0. The normalized spacial score (nSPS) is 23.0. The number of aryl methyl sites for hydroxylation is 1. The van der Waals surface area contributed by atoms with E-state index in [0.717, 1.165) is 0 Å². The zero-order valence-electron chi connectivity index (χ0n) is 13.5. The summed E-state index contributed by atoms with van der Waals surface area (Å²) in [5.74, 6) is -1.79. The molecule has 0 saturated carbocycles. The second-order valence-corrected chi connectivity index (χ2v) is 6.35. The van der Waals surface area contributed by atoms with E-state index in [1.54, 1.807) is 16.8 Å². The van der Waals surface area contributed by atoms with Gasteiger partial charge >= 0.3 is 5.97 Å². The molecular formula is C14H20N6O4. The minimum absolute atomic E-state index is 0.0146. The average molecular weight is 336 g/mol. The molecule has 1 aromatic rings. The van der Waals surface area contributed by atoms with Crippen LogP contribution in [0.5, 0.6) is 0 Å². The molecule has 10 heteroatoms. The Hall–Kier alpha value is -2.52. The van der Waals surface area contributed by atoms with Gasteiger partial charge in [0, 0.05) is 33.0 Å². The van der Waals surface area contributed by atoms with Gasteiger partial charge in [0.2, 0.25) is 11.8 Å². The maximum atomic E-state index is 12.3. The van der Waals surface area contributed by atoms with Crippen molar-refractivity contribution in [3.05, 3.63) is 6.33 Å². The first-order valence-electron chi connectivity index (χ1n) is 7.92. The van der Waals surface area contributed by atoms with Gasteiger partial charge in [0.25, 0.3) is 0 Å². The van der Waals surface area contributed by atoms with Gasteiger partial charge < -0.3 is 14.9 Å². The molecule has 2 fully saturated rings. The molecule has 1 aromatic heterocycles. The van der Waals surface area contributed by atoms with Crippen molar-refractivity contribution >= 4 is 17.8 Å². The van der Waals surface area contributed by atoms with Gasteiger partial charge in [0.15, 0.2) is 0 Å². The van der Waals surface area contributed by atoms with E-state index in [4.69, 9.17) is 0 Å². The highest BCUT2D eigenvalue weighted by Gasteiger charge is 2.55. The molecule has 2 amide bonds. The van der Waals surface area contributed by atoms with E-state index in [0.29, 0.717) is 32.5 Å². The van der Waals surface area contributed by atoms with Crippen molar-refractivity contribution < 1.29 is 19.5 Å². The molecule has 0 aromatic carbocycles. The number of piperidine rings is 1. The van der Waals surface area contributed by atoms with Crippen LogP contribution < -0.4 is 0 Å². The van der Waals surface area contributed by atoms with Crippen molar-refractivity contribution in [1.82, 2.24) is 30.0 Å². The Morgan fingerprint density at radius 3 is 2.67 bits per heavy atom. The van der Waals surface area contributed by atoms with E-state index >= 15 is 0 Å². The number of hydrogen-bond acceptors (Lipinski definition) is 6. The Kier molecular flexibility index (Phi) is 4.20. The van der Waals surface area contributed by atoms with E-state index in [-0.39, 0.29) is 24.7 Å². The fraction of sp³-hybridized carbons (Fsp3) is 0.714. The summed E-state index contributed by atoms with van der Waals surface area (Å²) in [6.45, 7) is 1.31. The van der Waals surface area contributed by atoms with Crippen LogP contribution in [0.15, 0.2) is 6.33 Å². The van der Waals surface area contributed by atoms with Crippen molar-refractivity contribution in [2.24, 2.45) is 5.92 Å². The molecule has 130 valence electrons.